The average molecular weight is 535 g/mol. The fourth-order valence-corrected chi connectivity index (χ4v) is 6.06. The Morgan fingerprint density at radius 3 is 2.73 bits per heavy atom. The summed E-state index contributed by atoms with van der Waals surface area (Å²) in [6.07, 6.45) is 6.24. The van der Waals surface area contributed by atoms with Gasteiger partial charge >= 0.3 is 0 Å². The summed E-state index contributed by atoms with van der Waals surface area (Å²) >= 11 is 0. The number of likely N-dealkylation sites (tertiary alicyclic amines) is 1. The molecule has 0 saturated carbocycles. The fourth-order valence-electron chi connectivity index (χ4n) is 6.06. The zero-order chi connectivity index (χ0) is 27.6. The average Bonchev–Trinajstić information content (AvgIpc) is 3.76. The minimum atomic E-state index is -0.269. The van der Waals surface area contributed by atoms with E-state index in [9.17, 15) is 9.59 Å². The zero-order valence-corrected chi connectivity index (χ0v) is 22.9. The first-order chi connectivity index (χ1) is 19.5. The number of hydrogen-bond acceptors (Lipinski definition) is 5. The van der Waals surface area contributed by atoms with Crippen LogP contribution in [0.2, 0.25) is 0 Å². The molecule has 1 fully saturated rings. The molecule has 0 bridgehead atoms. The number of aromatic nitrogens is 3. The van der Waals surface area contributed by atoms with Crippen LogP contribution in [0.25, 0.3) is 33.9 Å². The number of para-hydroxylation sites is 1. The number of carbonyl (C=O) groups is 1. The lowest BCUT2D eigenvalue weighted by Gasteiger charge is -2.19. The van der Waals surface area contributed by atoms with Crippen LogP contribution >= 0.6 is 0 Å². The third-order valence-electron chi connectivity index (χ3n) is 8.15. The van der Waals surface area contributed by atoms with Crippen LogP contribution in [0.3, 0.4) is 0 Å². The summed E-state index contributed by atoms with van der Waals surface area (Å²) in [6.45, 7) is 7.80. The van der Waals surface area contributed by atoms with Crippen molar-refractivity contribution in [1.82, 2.24) is 30.3 Å². The molecular formula is C32H34N6O2. The monoisotopic (exact) mass is 534 g/mol. The van der Waals surface area contributed by atoms with Crippen molar-refractivity contribution in [2.24, 2.45) is 5.92 Å². The summed E-state index contributed by atoms with van der Waals surface area (Å²) in [7, 11) is 0. The Morgan fingerprint density at radius 2 is 1.95 bits per heavy atom. The molecule has 2 aromatic carbocycles. The van der Waals surface area contributed by atoms with Crippen LogP contribution in [0, 0.1) is 5.92 Å². The highest BCUT2D eigenvalue weighted by Gasteiger charge is 2.33. The van der Waals surface area contributed by atoms with Crippen molar-refractivity contribution >= 4 is 28.8 Å². The van der Waals surface area contributed by atoms with Crippen LogP contribution in [0.5, 0.6) is 0 Å². The summed E-state index contributed by atoms with van der Waals surface area (Å²) in [5, 5.41) is 13.2. The first-order valence-electron chi connectivity index (χ1n) is 14.0. The summed E-state index contributed by atoms with van der Waals surface area (Å²) in [5.74, 6) is 1.85. The number of carbonyl (C=O) groups excluding carboxylic acids is 2. The molecule has 2 aliphatic rings. The van der Waals surface area contributed by atoms with Gasteiger partial charge in [0.05, 0.1) is 23.5 Å². The third kappa shape index (κ3) is 4.88. The summed E-state index contributed by atoms with van der Waals surface area (Å²) in [4.78, 5) is 30.7. The smallest absolute Gasteiger partial charge is 0.229 e. The number of amides is 1. The molecule has 0 spiro atoms. The molecule has 2 atom stereocenters. The molecule has 4 aromatic rings. The summed E-state index contributed by atoms with van der Waals surface area (Å²) in [6, 6.07) is 18.0. The van der Waals surface area contributed by atoms with E-state index in [4.69, 9.17) is 0 Å². The maximum Gasteiger partial charge on any atom is 0.229 e. The highest BCUT2D eigenvalue weighted by Crippen LogP contribution is 2.28. The van der Waals surface area contributed by atoms with Gasteiger partial charge in [-0.25, -0.2) is 9.48 Å². The molecule has 1 amide bonds. The van der Waals surface area contributed by atoms with Crippen molar-refractivity contribution in [2.45, 2.75) is 32.7 Å². The van der Waals surface area contributed by atoms with E-state index in [2.05, 4.69) is 37.6 Å². The predicted molar refractivity (Wildman–Crippen MR) is 157 cm³/mol. The first kappa shape index (κ1) is 25.9. The number of nitrogens with zero attached hydrogens (tertiary/aromatic N) is 3. The molecule has 2 aliphatic heterocycles. The van der Waals surface area contributed by atoms with Gasteiger partial charge in [-0.3, -0.25) is 4.79 Å². The summed E-state index contributed by atoms with van der Waals surface area (Å²) < 4.78 is 1.91. The van der Waals surface area contributed by atoms with Gasteiger partial charge < -0.3 is 20.5 Å². The van der Waals surface area contributed by atoms with Gasteiger partial charge in [0.1, 0.15) is 5.35 Å². The number of rotatable bonds is 7. The highest BCUT2D eigenvalue weighted by atomic mass is 16.2. The SMILES string of the molecule is CC1=C(/C=c2\c(=C=O)[nH]c3ccc(-c4ccnn4-c4ccccc4)cc23)NC(C)C1C(=O)NCCN1CCCC1. The number of benzene rings is 2. The number of aromatic amines is 1. The maximum atomic E-state index is 13.2. The second-order valence-corrected chi connectivity index (χ2v) is 10.7. The van der Waals surface area contributed by atoms with E-state index in [1.165, 1.54) is 12.8 Å². The minimum absolute atomic E-state index is 0.0395. The predicted octanol–water partition coefficient (Wildman–Crippen LogP) is 2.40. The Kier molecular flexibility index (Phi) is 7.11. The minimum Gasteiger partial charge on any atom is -0.381 e. The Labute approximate surface area is 233 Å². The molecule has 40 heavy (non-hydrogen) atoms. The van der Waals surface area contributed by atoms with E-state index in [1.807, 2.05) is 73.1 Å². The lowest BCUT2D eigenvalue weighted by Crippen LogP contribution is -2.41. The quantitative estimate of drug-likeness (QED) is 0.339. The number of hydrogen-bond donors (Lipinski definition) is 3. The van der Waals surface area contributed by atoms with Crippen LogP contribution in [0.4, 0.5) is 0 Å². The van der Waals surface area contributed by atoms with E-state index < -0.39 is 0 Å². The van der Waals surface area contributed by atoms with Crippen LogP contribution in [0.1, 0.15) is 26.7 Å². The van der Waals surface area contributed by atoms with Gasteiger partial charge in [-0.15, -0.1) is 0 Å². The molecule has 6 rings (SSSR count). The van der Waals surface area contributed by atoms with Gasteiger partial charge in [-0.1, -0.05) is 24.3 Å². The molecular weight excluding hydrogens is 500 g/mol. The van der Waals surface area contributed by atoms with Crippen LogP contribution in [-0.2, 0) is 9.59 Å². The largest absolute Gasteiger partial charge is 0.381 e. The molecule has 0 aliphatic carbocycles. The van der Waals surface area contributed by atoms with Gasteiger partial charge in [0.15, 0.2) is 5.94 Å². The Bertz CT molecular complexity index is 1720. The summed E-state index contributed by atoms with van der Waals surface area (Å²) in [5.41, 5.74) is 5.58. The van der Waals surface area contributed by atoms with Gasteiger partial charge in [-0.05, 0) is 81.8 Å². The molecule has 4 heterocycles. The van der Waals surface area contributed by atoms with E-state index in [1.54, 1.807) is 6.20 Å². The second kappa shape index (κ2) is 11.0. The van der Waals surface area contributed by atoms with Crippen molar-refractivity contribution in [1.29, 1.82) is 0 Å². The molecule has 3 N–H and O–H groups in total. The normalized spacial score (nSPS) is 19.8. The Morgan fingerprint density at radius 1 is 1.15 bits per heavy atom. The molecule has 8 nitrogen and oxygen atoms in total. The third-order valence-corrected chi connectivity index (χ3v) is 8.15. The van der Waals surface area contributed by atoms with Crippen molar-refractivity contribution in [3.8, 4) is 16.9 Å². The number of nitrogens with one attached hydrogen (secondary N) is 3. The standard InChI is InChI=1S/C32H34N6O2/c1-21-28(35-22(2)31(21)32(40)33-14-17-37-15-6-7-16-37)19-26-25-18-23(10-11-27(25)36-29(26)20-39)30-12-13-34-38(30)24-8-4-3-5-9-24/h3-5,8-13,18-19,22,31,35-36H,6-7,14-17H2,1-2H3,(H,33,40)/b26-19-. The molecule has 2 unspecified atom stereocenters. The van der Waals surface area contributed by atoms with Crippen LogP contribution in [-0.4, -0.2) is 63.7 Å². The maximum absolute atomic E-state index is 13.2. The molecule has 204 valence electrons. The number of fused-ring (bicyclic) bond motifs is 1. The molecule has 8 heteroatoms. The van der Waals surface area contributed by atoms with Crippen molar-refractivity contribution in [3.05, 3.63) is 82.6 Å². The van der Waals surface area contributed by atoms with Crippen molar-refractivity contribution < 1.29 is 9.59 Å². The molecule has 0 radical (unpaired) electrons. The molecule has 2 aromatic heterocycles. The van der Waals surface area contributed by atoms with Crippen molar-refractivity contribution in [3.63, 3.8) is 0 Å². The zero-order valence-electron chi connectivity index (χ0n) is 22.9. The van der Waals surface area contributed by atoms with Crippen LogP contribution in [0.15, 0.2) is 72.1 Å². The van der Waals surface area contributed by atoms with Gasteiger partial charge in [0, 0.05) is 46.5 Å². The van der Waals surface area contributed by atoms with Gasteiger partial charge in [-0.2, -0.15) is 5.10 Å². The number of allylic oxidation sites excluding steroid dienone is 1. The second-order valence-electron chi connectivity index (χ2n) is 10.7. The topological polar surface area (TPSA) is 95.0 Å². The van der Waals surface area contributed by atoms with E-state index >= 15 is 0 Å². The lowest BCUT2D eigenvalue weighted by molar-refractivity contribution is -0.124. The number of H-pyrrole nitrogens is 1. The van der Waals surface area contributed by atoms with E-state index in [0.717, 1.165) is 64.0 Å². The first-order valence-corrected chi connectivity index (χ1v) is 14.0. The van der Waals surface area contributed by atoms with Crippen LogP contribution < -0.4 is 21.2 Å². The van der Waals surface area contributed by atoms with Gasteiger partial charge in [0.2, 0.25) is 5.91 Å². The fraction of sp³-hybridized carbons (Fsp3) is 0.312. The van der Waals surface area contributed by atoms with E-state index in [0.29, 0.717) is 11.9 Å². The van der Waals surface area contributed by atoms with Gasteiger partial charge in [0.25, 0.3) is 0 Å². The lowest BCUT2D eigenvalue weighted by atomic mass is 9.95. The van der Waals surface area contributed by atoms with Crippen molar-refractivity contribution in [2.75, 3.05) is 26.2 Å². The Balaban J connectivity index is 1.34. The Hall–Kier alpha value is -4.39. The molecule has 1 saturated heterocycles. The van der Waals surface area contributed by atoms with E-state index in [-0.39, 0.29) is 17.9 Å². The highest BCUT2D eigenvalue weighted by molar-refractivity contribution is 5.88.